The first-order valence-corrected chi connectivity index (χ1v) is 6.10. The van der Waals surface area contributed by atoms with Crippen LogP contribution in [0.4, 0.5) is 0 Å². The molecule has 0 unspecified atom stereocenters. The number of benzene rings is 4. The Morgan fingerprint density at radius 3 is 1.19 bits per heavy atom. The average Bonchev–Trinajstić information content (AvgIpc) is 2.28. The molecule has 0 heterocycles. The van der Waals surface area contributed by atoms with Crippen molar-refractivity contribution >= 4 is 67.9 Å². The second-order valence-corrected chi connectivity index (χ2v) is 5.06. The summed E-state index contributed by atoms with van der Waals surface area (Å²) in [4.78, 5) is 0. The highest BCUT2D eigenvalue weighted by Crippen LogP contribution is 2.50. The molecule has 0 aliphatic carbocycles. The zero-order chi connectivity index (χ0) is 11.4. The van der Waals surface area contributed by atoms with Crippen LogP contribution in [0, 0.1) is 0 Å². The van der Waals surface area contributed by atoms with Gasteiger partial charge in [-0.25, -0.2) is 0 Å². The quantitative estimate of drug-likeness (QED) is 0.442. The Hall–Kier alpha value is -0.400. The molecule has 4 heteroatoms. The van der Waals surface area contributed by atoms with Gasteiger partial charge in [-0.3, -0.25) is 0 Å². The molecule has 0 aliphatic rings. The maximum absolute atomic E-state index is 6.16. The van der Waals surface area contributed by atoms with E-state index in [1.807, 2.05) is 24.3 Å². The fraction of sp³-hybridized carbons (Fsp3) is 0. The molecule has 16 heavy (non-hydrogen) atoms. The van der Waals surface area contributed by atoms with Gasteiger partial charge in [-0.05, 0) is 10.8 Å². The maximum atomic E-state index is 6.16. The van der Waals surface area contributed by atoms with Crippen LogP contribution in [0.3, 0.4) is 0 Å². The van der Waals surface area contributed by atoms with Crippen molar-refractivity contribution in [2.45, 2.75) is 0 Å². The zero-order valence-corrected chi connectivity index (χ0v) is 10.8. The smallest absolute Gasteiger partial charge is 0.0693 e. The van der Waals surface area contributed by atoms with Crippen molar-refractivity contribution in [2.24, 2.45) is 0 Å². The lowest BCUT2D eigenvalue weighted by Crippen LogP contribution is -1.88. The summed E-state index contributed by atoms with van der Waals surface area (Å²) >= 11 is 24.7. The van der Waals surface area contributed by atoms with E-state index in [9.17, 15) is 0 Å². The molecule has 0 nitrogen and oxygen atoms in total. The number of rotatable bonds is 0. The second-order valence-electron chi connectivity index (χ2n) is 3.55. The van der Waals surface area contributed by atoms with Crippen LogP contribution in [-0.4, -0.2) is 0 Å². The molecule has 0 amide bonds. The van der Waals surface area contributed by atoms with Crippen molar-refractivity contribution in [3.8, 4) is 0 Å². The molecule has 80 valence electrons. The largest absolute Gasteiger partial charge is 0.0819 e. The first-order valence-electron chi connectivity index (χ1n) is 4.58. The lowest BCUT2D eigenvalue weighted by molar-refractivity contribution is 1.76. The second kappa shape index (κ2) is 3.54. The van der Waals surface area contributed by atoms with Gasteiger partial charge < -0.3 is 0 Å². The molecule has 2 bridgehead atoms. The molecule has 0 aromatic heterocycles. The molecule has 0 aliphatic heterocycles. The van der Waals surface area contributed by atoms with Crippen LogP contribution in [0.2, 0.25) is 20.1 Å². The van der Waals surface area contributed by atoms with E-state index in [4.69, 9.17) is 46.4 Å². The lowest BCUT2D eigenvalue weighted by atomic mass is 9.99. The Morgan fingerprint density at radius 2 is 0.875 bits per heavy atom. The molecule has 0 saturated heterocycles. The van der Waals surface area contributed by atoms with Gasteiger partial charge in [-0.2, -0.15) is 0 Å². The Kier molecular flexibility index (Phi) is 2.38. The van der Waals surface area contributed by atoms with E-state index in [2.05, 4.69) is 0 Å². The summed E-state index contributed by atoms with van der Waals surface area (Å²) in [6.07, 6.45) is 0. The molecule has 4 rings (SSSR count). The first-order chi connectivity index (χ1) is 7.63. The summed E-state index contributed by atoms with van der Waals surface area (Å²) in [5.41, 5.74) is 0. The molecule has 4 aromatic rings. The predicted molar refractivity (Wildman–Crippen MR) is 72.7 cm³/mol. The Bertz CT molecular complexity index is 610. The summed E-state index contributed by atoms with van der Waals surface area (Å²) in [5.74, 6) is 0. The van der Waals surface area contributed by atoms with Crippen LogP contribution in [0.1, 0.15) is 0 Å². The molecule has 0 saturated carbocycles. The number of fused-ring (bicyclic) bond motifs is 2. The minimum atomic E-state index is 0.477. The van der Waals surface area contributed by atoms with Gasteiger partial charge >= 0.3 is 0 Å². The molecule has 0 spiro atoms. The fourth-order valence-electron chi connectivity index (χ4n) is 2.02. The molecular formula is C12H4Cl4. The van der Waals surface area contributed by atoms with E-state index in [1.54, 1.807) is 0 Å². The van der Waals surface area contributed by atoms with Crippen LogP contribution in [-0.2, 0) is 0 Å². The first kappa shape index (κ1) is 10.7. The van der Waals surface area contributed by atoms with Crippen LogP contribution in [0.5, 0.6) is 0 Å². The highest BCUT2D eigenvalue weighted by atomic mass is 35.5. The van der Waals surface area contributed by atoms with Crippen molar-refractivity contribution < 1.29 is 0 Å². The van der Waals surface area contributed by atoms with Gasteiger partial charge in [0.05, 0.1) is 20.1 Å². The summed E-state index contributed by atoms with van der Waals surface area (Å²) in [6.45, 7) is 0. The highest BCUT2D eigenvalue weighted by molar-refractivity contribution is 6.58. The van der Waals surface area contributed by atoms with Crippen molar-refractivity contribution in [1.29, 1.82) is 0 Å². The Labute approximate surface area is 112 Å². The standard InChI is InChI=1S/C12H4Cl4/c13-9-7-5-3-1-2-4-6(5)8(11(9)15)12(16)10(7)14/h1-4H. The summed E-state index contributed by atoms with van der Waals surface area (Å²) < 4.78 is 0. The molecular weight excluding hydrogens is 286 g/mol. The minimum absolute atomic E-state index is 0.477. The van der Waals surface area contributed by atoms with Crippen molar-refractivity contribution in [3.63, 3.8) is 0 Å². The maximum Gasteiger partial charge on any atom is 0.0693 e. The van der Waals surface area contributed by atoms with Gasteiger partial charge in [0, 0.05) is 10.8 Å². The van der Waals surface area contributed by atoms with E-state index in [0.29, 0.717) is 20.1 Å². The molecule has 0 fully saturated rings. The number of hydrogen-bond donors (Lipinski definition) is 0. The SMILES string of the molecule is Clc1c(Cl)c2c(Cl)c(Cl)c1c1ccccc21. The van der Waals surface area contributed by atoms with Crippen LogP contribution in [0.15, 0.2) is 24.3 Å². The summed E-state index contributed by atoms with van der Waals surface area (Å²) in [7, 11) is 0. The molecule has 4 aromatic carbocycles. The van der Waals surface area contributed by atoms with E-state index < -0.39 is 0 Å². The van der Waals surface area contributed by atoms with E-state index >= 15 is 0 Å². The summed E-state index contributed by atoms with van der Waals surface area (Å²) in [5, 5.41) is 5.33. The van der Waals surface area contributed by atoms with Crippen molar-refractivity contribution in [2.75, 3.05) is 0 Å². The van der Waals surface area contributed by atoms with Crippen LogP contribution < -0.4 is 0 Å². The minimum Gasteiger partial charge on any atom is -0.0819 e. The number of hydrogen-bond acceptors (Lipinski definition) is 0. The molecule has 0 radical (unpaired) electrons. The van der Waals surface area contributed by atoms with Crippen molar-refractivity contribution in [1.82, 2.24) is 0 Å². The van der Waals surface area contributed by atoms with Gasteiger partial charge in [0.2, 0.25) is 0 Å². The Morgan fingerprint density at radius 1 is 0.562 bits per heavy atom. The predicted octanol–water partition coefficient (Wildman–Crippen LogP) is 6.04. The van der Waals surface area contributed by atoms with E-state index in [-0.39, 0.29) is 0 Å². The molecule has 0 atom stereocenters. The van der Waals surface area contributed by atoms with Crippen LogP contribution >= 0.6 is 46.4 Å². The van der Waals surface area contributed by atoms with E-state index in [0.717, 1.165) is 21.5 Å². The van der Waals surface area contributed by atoms with Gasteiger partial charge in [0.25, 0.3) is 0 Å². The summed E-state index contributed by atoms with van der Waals surface area (Å²) in [6, 6.07) is 7.79. The highest BCUT2D eigenvalue weighted by Gasteiger charge is 2.21. The zero-order valence-electron chi connectivity index (χ0n) is 7.82. The van der Waals surface area contributed by atoms with Crippen molar-refractivity contribution in [3.05, 3.63) is 44.4 Å². The van der Waals surface area contributed by atoms with Gasteiger partial charge in [-0.15, -0.1) is 0 Å². The molecule has 0 N–H and O–H groups in total. The third-order valence-corrected chi connectivity index (χ3v) is 4.43. The average molecular weight is 290 g/mol. The van der Waals surface area contributed by atoms with Gasteiger partial charge in [0.15, 0.2) is 0 Å². The monoisotopic (exact) mass is 288 g/mol. The van der Waals surface area contributed by atoms with Crippen LogP contribution in [0.25, 0.3) is 21.5 Å². The Balaban J connectivity index is 2.77. The third kappa shape index (κ3) is 1.19. The topological polar surface area (TPSA) is 0 Å². The van der Waals surface area contributed by atoms with E-state index in [1.165, 1.54) is 0 Å². The lowest BCUT2D eigenvalue weighted by Gasteiger charge is -2.15. The fourth-order valence-corrected chi connectivity index (χ4v) is 3.28. The van der Waals surface area contributed by atoms with Gasteiger partial charge in [0.1, 0.15) is 0 Å². The van der Waals surface area contributed by atoms with Gasteiger partial charge in [-0.1, -0.05) is 70.7 Å². The number of halogens is 4. The normalized spacial score (nSPS) is 11.8. The third-order valence-electron chi connectivity index (χ3n) is 2.73.